The van der Waals surface area contributed by atoms with Crippen molar-refractivity contribution in [1.29, 1.82) is 0 Å². The summed E-state index contributed by atoms with van der Waals surface area (Å²) < 4.78 is 33.8. The van der Waals surface area contributed by atoms with Gasteiger partial charge in [0.2, 0.25) is 5.91 Å². The number of halogens is 2. The highest BCUT2D eigenvalue weighted by Gasteiger charge is 2.49. The molecule has 0 radical (unpaired) electrons. The fraction of sp³-hybridized carbons (Fsp3) is 0.321. The summed E-state index contributed by atoms with van der Waals surface area (Å²) in [6.07, 6.45) is 4.05. The smallest absolute Gasteiger partial charge is 0.307 e. The topological polar surface area (TPSA) is 297 Å². The zero-order valence-electron chi connectivity index (χ0n) is 43.6. The summed E-state index contributed by atoms with van der Waals surface area (Å²) in [5, 5.41) is 49.6. The molecule has 0 atom stereocenters. The van der Waals surface area contributed by atoms with E-state index in [-0.39, 0.29) is 88.2 Å². The highest BCUT2D eigenvalue weighted by molar-refractivity contribution is 6.78. The Morgan fingerprint density at radius 2 is 1.19 bits per heavy atom. The van der Waals surface area contributed by atoms with Crippen LogP contribution in [0.4, 0.5) is 20.7 Å². The SMILES string of the molecule is CC(C)[Si](Oc1c2c(c(CC(=O)O)c3cc(Cc4ccc(F)cc4)cnc13)CN(C)C2=O)(C(C)C)C(C)C.CN1Cc2c(c(O)c3ncc(Cc4ccc(F)cc4)cc3c2CC(=O)Nc2nn[nH]n2)C1=O.Nc1nn[nH]n1. The second-order valence-corrected chi connectivity index (χ2v) is 25.3. The van der Waals surface area contributed by atoms with E-state index >= 15 is 0 Å². The van der Waals surface area contributed by atoms with Crippen LogP contribution < -0.4 is 15.5 Å². The van der Waals surface area contributed by atoms with Crippen LogP contribution in [0.5, 0.6) is 11.5 Å². The maximum atomic E-state index is 13.5. The van der Waals surface area contributed by atoms with Crippen molar-refractivity contribution in [2.75, 3.05) is 25.1 Å². The fourth-order valence-corrected chi connectivity index (χ4v) is 15.8. The van der Waals surface area contributed by atoms with E-state index in [1.165, 1.54) is 29.2 Å². The molecule has 0 spiro atoms. The number of carbonyl (C=O) groups excluding carboxylic acids is 3. The van der Waals surface area contributed by atoms with Gasteiger partial charge < -0.3 is 30.2 Å². The second kappa shape index (κ2) is 22.6. The first-order valence-electron chi connectivity index (χ1n) is 24.7. The Morgan fingerprint density at radius 1 is 0.714 bits per heavy atom. The zero-order valence-corrected chi connectivity index (χ0v) is 44.6. The van der Waals surface area contributed by atoms with Gasteiger partial charge in [-0.05, 0) is 121 Å². The number of nitrogens with two attached hydrogens (primary N) is 1. The number of phenolic OH excluding ortho intramolecular Hbond substituents is 1. The first kappa shape index (κ1) is 54.5. The predicted octanol–water partition coefficient (Wildman–Crippen LogP) is 7.46. The number of aromatic amines is 2. The number of fused-ring (bicyclic) bond motifs is 4. The third-order valence-electron chi connectivity index (χ3n) is 13.9. The molecule has 24 heteroatoms. The first-order valence-corrected chi connectivity index (χ1v) is 26.8. The van der Waals surface area contributed by atoms with Crippen molar-refractivity contribution in [3.05, 3.63) is 140 Å². The number of aliphatic carboxylic acids is 1. The third kappa shape index (κ3) is 11.4. The van der Waals surface area contributed by atoms with Gasteiger partial charge in [0.1, 0.15) is 28.4 Å². The predicted molar refractivity (Wildman–Crippen MR) is 283 cm³/mol. The number of aromatic nitrogens is 10. The Morgan fingerprint density at radius 3 is 1.66 bits per heavy atom. The van der Waals surface area contributed by atoms with Crippen LogP contribution in [0.1, 0.15) is 107 Å². The van der Waals surface area contributed by atoms with E-state index in [1.807, 2.05) is 12.1 Å². The number of nitrogens with zero attached hydrogens (tertiary/aromatic N) is 10. The van der Waals surface area contributed by atoms with Crippen LogP contribution in [0.2, 0.25) is 16.6 Å². The van der Waals surface area contributed by atoms with Gasteiger partial charge in [-0.15, -0.1) is 10.2 Å². The number of hydrogen-bond donors (Lipinski definition) is 6. The van der Waals surface area contributed by atoms with Crippen molar-refractivity contribution < 1.29 is 42.6 Å². The van der Waals surface area contributed by atoms with Crippen molar-refractivity contribution in [2.45, 2.75) is 96.9 Å². The number of phenols is 1. The number of H-pyrrole nitrogens is 2. The summed E-state index contributed by atoms with van der Waals surface area (Å²) in [6.45, 7) is 13.7. The normalized spacial score (nSPS) is 13.0. The number of benzene rings is 4. The van der Waals surface area contributed by atoms with Crippen LogP contribution in [-0.2, 0) is 48.4 Å². The summed E-state index contributed by atoms with van der Waals surface area (Å²) in [7, 11) is 0.885. The largest absolute Gasteiger partial charge is 0.541 e. The number of amides is 3. The number of rotatable bonds is 14. The van der Waals surface area contributed by atoms with Crippen LogP contribution >= 0.6 is 0 Å². The minimum Gasteiger partial charge on any atom is -0.541 e. The number of carbonyl (C=O) groups is 4. The van der Waals surface area contributed by atoms with Crippen molar-refractivity contribution in [3.63, 3.8) is 0 Å². The van der Waals surface area contributed by atoms with Gasteiger partial charge >= 0.3 is 5.97 Å². The van der Waals surface area contributed by atoms with Gasteiger partial charge in [-0.2, -0.15) is 10.4 Å². The molecule has 2 aliphatic heterocycles. The van der Waals surface area contributed by atoms with Gasteiger partial charge in [-0.1, -0.05) is 76.0 Å². The quantitative estimate of drug-likeness (QED) is 0.0576. The number of hydrogen-bond acceptors (Lipinski definition) is 15. The molecule has 6 heterocycles. The Labute approximate surface area is 441 Å². The zero-order chi connectivity index (χ0) is 55.5. The van der Waals surface area contributed by atoms with Crippen LogP contribution in [0, 0.1) is 11.6 Å². The molecule has 77 heavy (non-hydrogen) atoms. The molecule has 7 N–H and O–H groups in total. The van der Waals surface area contributed by atoms with Crippen LogP contribution in [0.25, 0.3) is 21.8 Å². The summed E-state index contributed by atoms with van der Waals surface area (Å²) in [6, 6.07) is 16.3. The van der Waals surface area contributed by atoms with E-state index in [4.69, 9.17) is 15.1 Å². The molecule has 4 aromatic carbocycles. The van der Waals surface area contributed by atoms with E-state index in [0.717, 1.165) is 22.3 Å². The van der Waals surface area contributed by atoms with Gasteiger partial charge in [0.05, 0.1) is 24.0 Å². The Bertz CT molecular complexity index is 3470. The summed E-state index contributed by atoms with van der Waals surface area (Å²) in [4.78, 5) is 63.2. The molecular weight excluding hydrogens is 1010 g/mol. The number of nitrogen functional groups attached to an aromatic ring is 1. The molecule has 3 amide bonds. The maximum absolute atomic E-state index is 13.5. The van der Waals surface area contributed by atoms with Gasteiger partial charge in [-0.3, -0.25) is 34.5 Å². The van der Waals surface area contributed by atoms with E-state index in [9.17, 15) is 38.2 Å². The van der Waals surface area contributed by atoms with Crippen LogP contribution in [-0.4, -0.2) is 117 Å². The minimum atomic E-state index is -2.47. The van der Waals surface area contributed by atoms with Gasteiger partial charge in [0.15, 0.2) is 5.75 Å². The summed E-state index contributed by atoms with van der Waals surface area (Å²) in [5.74, 6) is -1.99. The minimum absolute atomic E-state index is 0.0306. The van der Waals surface area contributed by atoms with Gasteiger partial charge in [0, 0.05) is 50.4 Å². The molecule has 0 bridgehead atoms. The number of anilines is 2. The van der Waals surface area contributed by atoms with Gasteiger partial charge in [0.25, 0.3) is 32.0 Å². The second-order valence-electron chi connectivity index (χ2n) is 20.0. The van der Waals surface area contributed by atoms with E-state index in [1.54, 1.807) is 55.7 Å². The highest BCUT2D eigenvalue weighted by Crippen LogP contribution is 2.48. The number of tetrazole rings is 2. The lowest BCUT2D eigenvalue weighted by Gasteiger charge is -2.42. The van der Waals surface area contributed by atoms with Crippen LogP contribution in [0.15, 0.2) is 73.1 Å². The number of nitrogens with one attached hydrogen (secondary N) is 3. The lowest BCUT2D eigenvalue weighted by Crippen LogP contribution is -2.51. The molecule has 0 saturated carbocycles. The summed E-state index contributed by atoms with van der Waals surface area (Å²) >= 11 is 0. The van der Waals surface area contributed by atoms with E-state index < -0.39 is 20.2 Å². The average molecular weight is 1070 g/mol. The monoisotopic (exact) mass is 1070 g/mol. The van der Waals surface area contributed by atoms with Crippen LogP contribution in [0.3, 0.4) is 0 Å². The number of carboxylic acid groups (broad SMARTS) is 1. The molecule has 21 nitrogen and oxygen atoms in total. The molecule has 2 aliphatic rings. The molecule has 0 unspecified atom stereocenters. The fourth-order valence-electron chi connectivity index (χ4n) is 10.6. The number of pyridine rings is 2. The maximum Gasteiger partial charge on any atom is 0.307 e. The summed E-state index contributed by atoms with van der Waals surface area (Å²) in [5.41, 5.74) is 13.1. The number of aromatic hydroxyl groups is 1. The molecule has 0 saturated heterocycles. The molecule has 4 aromatic heterocycles. The Kier molecular flexibility index (Phi) is 16.0. The van der Waals surface area contributed by atoms with E-state index in [2.05, 4.69) is 93.1 Å². The molecule has 10 rings (SSSR count). The highest BCUT2D eigenvalue weighted by atomic mass is 28.4. The average Bonchev–Trinajstić information content (AvgIpc) is 4.24. The lowest BCUT2D eigenvalue weighted by atomic mass is 9.93. The van der Waals surface area contributed by atoms with Gasteiger partial charge in [-0.25, -0.2) is 8.78 Å². The van der Waals surface area contributed by atoms with Crippen molar-refractivity contribution in [3.8, 4) is 11.5 Å². The third-order valence-corrected chi connectivity index (χ3v) is 19.9. The molecule has 0 aliphatic carbocycles. The Hall–Kier alpha value is -8.80. The van der Waals surface area contributed by atoms with Crippen molar-refractivity contribution in [1.82, 2.24) is 61.0 Å². The molecule has 400 valence electrons. The standard InChI is InChI=1S/C30H37FN2O4Si.C22H18FN7O3.CH3N5/c1-17(2)38(18(3)4,19(5)6)37-29-27-25(16-33(7)30(27)36)23(14-26(34)35)24-13-21(15-32-28(24)29)12-20-8-10-22(31)11-9-20;1-30-10-16-14(8-17(31)25-22-26-28-29-27-22)15-7-12(6-11-2-4-13(23)5-3-11)9-24-19(15)20(32)18(16)21(30)33;2-1-3-5-6-4-1/h8-11,13,15,17-19H,12,14,16H2,1-7H3,(H,34,35);2-5,7,9,32H,6,8,10H2,1H3,(H2,25,26,27,28,29,31);(H3,2,3,4,5,6). The van der Waals surface area contributed by atoms with Crippen molar-refractivity contribution in [2.24, 2.45) is 0 Å². The lowest BCUT2D eigenvalue weighted by molar-refractivity contribution is -0.136. The number of carboxylic acids is 1. The first-order chi connectivity index (χ1) is 36.7. The van der Waals surface area contributed by atoms with E-state index in [0.29, 0.717) is 69.2 Å². The van der Waals surface area contributed by atoms with Crippen molar-refractivity contribution >= 4 is 65.7 Å². The molecule has 8 aromatic rings. The molecule has 0 fully saturated rings. The Balaban J connectivity index is 0.000000184. The molecular formula is C53H58F2N14O7Si.